The minimum atomic E-state index is 0. The van der Waals surface area contributed by atoms with Crippen LogP contribution in [0.4, 0.5) is 0 Å². The van der Waals surface area contributed by atoms with Crippen molar-refractivity contribution in [1.82, 2.24) is 0 Å². The molecule has 4 nitrogen and oxygen atoms in total. The lowest BCUT2D eigenvalue weighted by molar-refractivity contribution is 0.174. The molecule has 0 saturated heterocycles. The summed E-state index contributed by atoms with van der Waals surface area (Å²) in [5.41, 5.74) is 6.89. The molecule has 2 rings (SSSR count). The molecule has 0 radical (unpaired) electrons. The molecule has 0 atom stereocenters. The van der Waals surface area contributed by atoms with E-state index >= 15 is 0 Å². The third kappa shape index (κ3) is 4.24. The lowest BCUT2D eigenvalue weighted by Gasteiger charge is -2.01. The predicted octanol–water partition coefficient (Wildman–Crippen LogP) is 2.64. The lowest BCUT2D eigenvalue weighted by Crippen LogP contribution is -2.08. The van der Waals surface area contributed by atoms with Gasteiger partial charge in [-0.3, -0.25) is 4.99 Å². The maximum atomic E-state index is 5.71. The first-order valence-electron chi connectivity index (χ1n) is 5.61. The van der Waals surface area contributed by atoms with Crippen molar-refractivity contribution in [2.75, 3.05) is 19.1 Å². The summed E-state index contributed by atoms with van der Waals surface area (Å²) in [6, 6.07) is 5.97. The van der Waals surface area contributed by atoms with Crippen LogP contribution in [0.1, 0.15) is 12.5 Å². The zero-order valence-corrected chi connectivity index (χ0v) is 13.4. The summed E-state index contributed by atoms with van der Waals surface area (Å²) in [4.78, 5) is 4.29. The molecule has 6 heteroatoms. The summed E-state index contributed by atoms with van der Waals surface area (Å²) in [6.07, 6.45) is 0.863. The van der Waals surface area contributed by atoms with E-state index in [-0.39, 0.29) is 24.0 Å². The highest BCUT2D eigenvalue weighted by Crippen LogP contribution is 2.32. The van der Waals surface area contributed by atoms with Gasteiger partial charge >= 0.3 is 0 Å². The van der Waals surface area contributed by atoms with E-state index in [0.717, 1.165) is 23.7 Å². The first-order valence-corrected chi connectivity index (χ1v) is 6.59. The molecule has 2 N–H and O–H groups in total. The summed E-state index contributed by atoms with van der Waals surface area (Å²) < 4.78 is 10.6. The Kier molecular flexibility index (Phi) is 6.62. The number of rotatable bonds is 4. The molecule has 1 aliphatic rings. The number of thioether (sulfide) groups is 1. The number of ether oxygens (including phenoxy) is 2. The fraction of sp³-hybridized carbons (Fsp3) is 0.417. The van der Waals surface area contributed by atoms with Crippen LogP contribution in [0, 0.1) is 0 Å². The molecule has 0 unspecified atom stereocenters. The third-order valence-corrected chi connectivity index (χ3v) is 3.11. The van der Waals surface area contributed by atoms with E-state index < -0.39 is 0 Å². The number of nitrogens with zero attached hydrogens (tertiary/aromatic N) is 1. The molecule has 0 fully saturated rings. The maximum Gasteiger partial charge on any atom is 0.231 e. The Hall–Kier alpha value is -0.630. The molecule has 18 heavy (non-hydrogen) atoms. The van der Waals surface area contributed by atoms with Gasteiger partial charge in [-0.05, 0) is 29.9 Å². The van der Waals surface area contributed by atoms with Gasteiger partial charge in [0.25, 0.3) is 0 Å². The zero-order chi connectivity index (χ0) is 12.1. The highest BCUT2D eigenvalue weighted by Gasteiger charge is 2.12. The van der Waals surface area contributed by atoms with E-state index in [1.807, 2.05) is 18.2 Å². The summed E-state index contributed by atoms with van der Waals surface area (Å²) in [5.74, 6) is 2.60. The van der Waals surface area contributed by atoms with Gasteiger partial charge in [0.15, 0.2) is 16.7 Å². The number of fused-ring (bicyclic) bond motifs is 1. The Balaban J connectivity index is 0.00000162. The molecule has 0 aromatic heterocycles. The van der Waals surface area contributed by atoms with Crippen LogP contribution in [-0.4, -0.2) is 24.3 Å². The monoisotopic (exact) mass is 380 g/mol. The van der Waals surface area contributed by atoms with Gasteiger partial charge in [-0.2, -0.15) is 0 Å². The van der Waals surface area contributed by atoms with E-state index in [0.29, 0.717) is 18.5 Å². The molecule has 100 valence electrons. The van der Waals surface area contributed by atoms with Crippen molar-refractivity contribution in [2.24, 2.45) is 10.7 Å². The number of hydrogen-bond donors (Lipinski definition) is 1. The minimum Gasteiger partial charge on any atom is -0.454 e. The van der Waals surface area contributed by atoms with E-state index in [1.165, 1.54) is 5.56 Å². The summed E-state index contributed by atoms with van der Waals surface area (Å²) in [6.45, 7) is 3.08. The second-order valence-electron chi connectivity index (χ2n) is 3.59. The van der Waals surface area contributed by atoms with Crippen molar-refractivity contribution < 1.29 is 9.47 Å². The largest absolute Gasteiger partial charge is 0.454 e. The van der Waals surface area contributed by atoms with Gasteiger partial charge in [0, 0.05) is 6.54 Å². The standard InChI is InChI=1S/C12H16N2O2S.HI/c1-2-17-12(13)14-6-5-9-3-4-10-11(7-9)16-8-15-10;/h3-4,7H,2,5-6,8H2,1H3,(H2,13,14);1H. The van der Waals surface area contributed by atoms with Crippen LogP contribution < -0.4 is 15.2 Å². The normalized spacial score (nSPS) is 13.3. The average Bonchev–Trinajstić information content (AvgIpc) is 2.76. The Morgan fingerprint density at radius 1 is 1.39 bits per heavy atom. The van der Waals surface area contributed by atoms with Crippen LogP contribution in [0.25, 0.3) is 0 Å². The molecule has 1 aliphatic heterocycles. The number of aliphatic imine (C=N–C) groups is 1. The fourth-order valence-corrected chi connectivity index (χ4v) is 2.06. The summed E-state index contributed by atoms with van der Waals surface area (Å²) >= 11 is 1.57. The van der Waals surface area contributed by atoms with E-state index in [4.69, 9.17) is 15.2 Å². The van der Waals surface area contributed by atoms with E-state index in [2.05, 4.69) is 11.9 Å². The second-order valence-corrected chi connectivity index (χ2v) is 4.87. The highest BCUT2D eigenvalue weighted by molar-refractivity contribution is 14.0. The van der Waals surface area contributed by atoms with Gasteiger partial charge in [0.2, 0.25) is 6.79 Å². The van der Waals surface area contributed by atoms with Crippen LogP contribution in [0.15, 0.2) is 23.2 Å². The van der Waals surface area contributed by atoms with Crippen molar-refractivity contribution >= 4 is 40.9 Å². The first-order chi connectivity index (χ1) is 8.29. The number of hydrogen-bond acceptors (Lipinski definition) is 4. The number of halogens is 1. The second kappa shape index (κ2) is 7.73. The van der Waals surface area contributed by atoms with Gasteiger partial charge < -0.3 is 15.2 Å². The SMILES string of the molecule is CCSC(N)=NCCc1ccc2c(c1)OCO2.I. The molecule has 1 heterocycles. The fourth-order valence-electron chi connectivity index (χ4n) is 1.59. The highest BCUT2D eigenvalue weighted by atomic mass is 127. The van der Waals surface area contributed by atoms with Gasteiger partial charge in [0.05, 0.1) is 0 Å². The molecule has 0 aliphatic carbocycles. The molecular weight excluding hydrogens is 363 g/mol. The van der Waals surface area contributed by atoms with Crippen molar-refractivity contribution in [2.45, 2.75) is 13.3 Å². The molecule has 0 spiro atoms. The molecule has 0 bridgehead atoms. The maximum absolute atomic E-state index is 5.71. The summed E-state index contributed by atoms with van der Waals surface area (Å²) in [7, 11) is 0. The molecule has 0 saturated carbocycles. The Bertz CT molecular complexity index is 427. The molecule has 0 amide bonds. The smallest absolute Gasteiger partial charge is 0.231 e. The van der Waals surface area contributed by atoms with Gasteiger partial charge in [-0.15, -0.1) is 24.0 Å². The number of nitrogens with two attached hydrogens (primary N) is 1. The first kappa shape index (κ1) is 15.4. The van der Waals surface area contributed by atoms with Crippen LogP contribution in [0.3, 0.4) is 0 Å². The van der Waals surface area contributed by atoms with E-state index in [1.54, 1.807) is 11.8 Å². The number of amidine groups is 1. The quantitative estimate of drug-likeness (QED) is 0.496. The molecule has 1 aromatic carbocycles. The van der Waals surface area contributed by atoms with Crippen LogP contribution in [0.5, 0.6) is 11.5 Å². The van der Waals surface area contributed by atoms with E-state index in [9.17, 15) is 0 Å². The van der Waals surface area contributed by atoms with Gasteiger partial charge in [-0.1, -0.05) is 24.8 Å². The van der Waals surface area contributed by atoms with Crippen molar-refractivity contribution in [3.63, 3.8) is 0 Å². The molecule has 1 aromatic rings. The summed E-state index contributed by atoms with van der Waals surface area (Å²) in [5, 5.41) is 0.660. The number of benzene rings is 1. The third-order valence-electron chi connectivity index (χ3n) is 2.40. The Morgan fingerprint density at radius 3 is 2.94 bits per heavy atom. The minimum absolute atomic E-state index is 0. The van der Waals surface area contributed by atoms with Gasteiger partial charge in [0.1, 0.15) is 0 Å². The predicted molar refractivity (Wildman–Crippen MR) is 86.3 cm³/mol. The Labute approximate surface area is 128 Å². The van der Waals surface area contributed by atoms with Crippen LogP contribution >= 0.6 is 35.7 Å². The van der Waals surface area contributed by atoms with Crippen LogP contribution in [0.2, 0.25) is 0 Å². The molecular formula is C12H17IN2O2S. The Morgan fingerprint density at radius 2 is 2.17 bits per heavy atom. The van der Waals surface area contributed by atoms with Crippen LogP contribution in [-0.2, 0) is 6.42 Å². The van der Waals surface area contributed by atoms with Gasteiger partial charge in [-0.25, -0.2) is 0 Å². The lowest BCUT2D eigenvalue weighted by atomic mass is 10.1. The van der Waals surface area contributed by atoms with Crippen molar-refractivity contribution in [3.8, 4) is 11.5 Å². The van der Waals surface area contributed by atoms with Crippen molar-refractivity contribution in [3.05, 3.63) is 23.8 Å². The average molecular weight is 380 g/mol. The topological polar surface area (TPSA) is 56.8 Å². The van der Waals surface area contributed by atoms with Crippen molar-refractivity contribution in [1.29, 1.82) is 0 Å². The zero-order valence-electron chi connectivity index (χ0n) is 10.2.